The number of aryl methyl sites for hydroxylation is 1. The van der Waals surface area contributed by atoms with Crippen molar-refractivity contribution in [2.75, 3.05) is 0 Å². The molecule has 4 rings (SSSR count). The van der Waals surface area contributed by atoms with Crippen LogP contribution < -0.4 is 10.9 Å². The second kappa shape index (κ2) is 9.21. The molecule has 2 amide bonds. The molecule has 2 aromatic heterocycles. The minimum absolute atomic E-state index is 0.241. The molecule has 0 aliphatic heterocycles. The molecular formula is C24H21FN4O2. The molecular weight excluding hydrogens is 395 g/mol. The predicted octanol–water partition coefficient (Wildman–Crippen LogP) is 4.15. The standard InChI is InChI=1S/C24H21FN4O2/c25-17-13-11-16(12-14-17)24(31)29-28-22(30)10-5-7-19-18-6-1-2-8-20(18)27-23(19)21-9-3-4-15-26-21/h1-4,6,8-9,11-15,27H,5,7,10H2,(H,28,30)(H,29,31). The lowest BCUT2D eigenvalue weighted by atomic mass is 10.0. The summed E-state index contributed by atoms with van der Waals surface area (Å²) >= 11 is 0. The molecule has 0 atom stereocenters. The molecule has 0 unspecified atom stereocenters. The summed E-state index contributed by atoms with van der Waals surface area (Å²) in [5.41, 5.74) is 8.96. The maximum atomic E-state index is 12.9. The first kappa shape index (κ1) is 20.3. The Bertz CT molecular complexity index is 1200. The lowest BCUT2D eigenvalue weighted by Gasteiger charge is -2.08. The number of carbonyl (C=O) groups excluding carboxylic acids is 2. The number of rotatable bonds is 6. The predicted molar refractivity (Wildman–Crippen MR) is 116 cm³/mol. The number of aromatic nitrogens is 2. The van der Waals surface area contributed by atoms with E-state index in [4.69, 9.17) is 0 Å². The monoisotopic (exact) mass is 416 g/mol. The van der Waals surface area contributed by atoms with Gasteiger partial charge in [0.25, 0.3) is 5.91 Å². The lowest BCUT2D eigenvalue weighted by molar-refractivity contribution is -0.121. The van der Waals surface area contributed by atoms with Gasteiger partial charge in [0, 0.05) is 29.1 Å². The molecule has 31 heavy (non-hydrogen) atoms. The van der Waals surface area contributed by atoms with Crippen LogP contribution in [0.5, 0.6) is 0 Å². The Kier molecular flexibility index (Phi) is 6.03. The molecule has 0 radical (unpaired) electrons. The van der Waals surface area contributed by atoms with Crippen molar-refractivity contribution in [2.24, 2.45) is 0 Å². The van der Waals surface area contributed by atoms with Crippen LogP contribution in [0.25, 0.3) is 22.3 Å². The normalized spacial score (nSPS) is 10.7. The summed E-state index contributed by atoms with van der Waals surface area (Å²) < 4.78 is 12.9. The van der Waals surface area contributed by atoms with Crippen LogP contribution in [0.4, 0.5) is 4.39 Å². The van der Waals surface area contributed by atoms with Gasteiger partial charge >= 0.3 is 0 Å². The second-order valence-corrected chi connectivity index (χ2v) is 7.10. The average Bonchev–Trinajstić information content (AvgIpc) is 3.17. The minimum Gasteiger partial charge on any atom is -0.353 e. The van der Waals surface area contributed by atoms with Crippen molar-refractivity contribution in [1.29, 1.82) is 0 Å². The summed E-state index contributed by atoms with van der Waals surface area (Å²) in [7, 11) is 0. The highest BCUT2D eigenvalue weighted by molar-refractivity contribution is 5.95. The Morgan fingerprint density at radius 3 is 2.48 bits per heavy atom. The molecule has 3 N–H and O–H groups in total. The Morgan fingerprint density at radius 2 is 1.71 bits per heavy atom. The van der Waals surface area contributed by atoms with Crippen LogP contribution in [0.2, 0.25) is 0 Å². The van der Waals surface area contributed by atoms with E-state index in [2.05, 4.69) is 26.9 Å². The molecule has 2 heterocycles. The number of hydrogen-bond donors (Lipinski definition) is 3. The highest BCUT2D eigenvalue weighted by Crippen LogP contribution is 2.30. The Morgan fingerprint density at radius 1 is 0.935 bits per heavy atom. The fraction of sp³-hybridized carbons (Fsp3) is 0.125. The number of amides is 2. The van der Waals surface area contributed by atoms with E-state index in [1.54, 1.807) is 6.20 Å². The fourth-order valence-electron chi connectivity index (χ4n) is 3.48. The molecule has 0 aliphatic carbocycles. The van der Waals surface area contributed by atoms with Gasteiger partial charge in [0.05, 0.1) is 11.4 Å². The largest absolute Gasteiger partial charge is 0.353 e. The maximum absolute atomic E-state index is 12.9. The van der Waals surface area contributed by atoms with Gasteiger partial charge in [0.1, 0.15) is 5.82 Å². The van der Waals surface area contributed by atoms with Crippen molar-refractivity contribution >= 4 is 22.7 Å². The zero-order chi connectivity index (χ0) is 21.6. The Hall–Kier alpha value is -4.00. The number of H-pyrrole nitrogens is 1. The number of hydrogen-bond acceptors (Lipinski definition) is 3. The number of benzene rings is 2. The Balaban J connectivity index is 1.37. The van der Waals surface area contributed by atoms with Crippen molar-refractivity contribution in [2.45, 2.75) is 19.3 Å². The summed E-state index contributed by atoms with van der Waals surface area (Å²) in [5.74, 6) is -1.22. The van der Waals surface area contributed by atoms with E-state index in [-0.39, 0.29) is 17.9 Å². The van der Waals surface area contributed by atoms with Gasteiger partial charge in [-0.15, -0.1) is 0 Å². The van der Waals surface area contributed by atoms with Crippen LogP contribution in [0.1, 0.15) is 28.8 Å². The van der Waals surface area contributed by atoms with Crippen LogP contribution in [0, 0.1) is 5.82 Å². The Labute approximate surface area is 178 Å². The zero-order valence-electron chi connectivity index (χ0n) is 16.7. The van der Waals surface area contributed by atoms with Crippen molar-refractivity contribution in [1.82, 2.24) is 20.8 Å². The first-order chi connectivity index (χ1) is 15.1. The highest BCUT2D eigenvalue weighted by atomic mass is 19.1. The van der Waals surface area contributed by atoms with Crippen LogP contribution in [-0.2, 0) is 11.2 Å². The third-order valence-corrected chi connectivity index (χ3v) is 4.99. The molecule has 156 valence electrons. The first-order valence-electron chi connectivity index (χ1n) is 9.97. The minimum atomic E-state index is -0.498. The number of halogens is 1. The smallest absolute Gasteiger partial charge is 0.269 e. The molecule has 7 heteroatoms. The van der Waals surface area contributed by atoms with Gasteiger partial charge in [-0.1, -0.05) is 24.3 Å². The molecule has 0 spiro atoms. The maximum Gasteiger partial charge on any atom is 0.269 e. The molecule has 0 saturated heterocycles. The molecule has 0 fully saturated rings. The summed E-state index contributed by atoms with van der Waals surface area (Å²) in [6, 6.07) is 18.9. The van der Waals surface area contributed by atoms with E-state index in [0.717, 1.165) is 27.9 Å². The van der Waals surface area contributed by atoms with Gasteiger partial charge in [0.15, 0.2) is 0 Å². The molecule has 0 saturated carbocycles. The summed E-state index contributed by atoms with van der Waals surface area (Å²) in [5, 5.41) is 1.10. The van der Waals surface area contributed by atoms with Gasteiger partial charge in [0.2, 0.25) is 5.91 Å². The van der Waals surface area contributed by atoms with Crippen LogP contribution in [-0.4, -0.2) is 21.8 Å². The number of carbonyl (C=O) groups is 2. The SMILES string of the molecule is O=C(CCCc1c(-c2ccccn2)[nH]c2ccccc12)NNC(=O)c1ccc(F)cc1. The third-order valence-electron chi connectivity index (χ3n) is 4.99. The zero-order valence-corrected chi connectivity index (χ0v) is 16.7. The summed E-state index contributed by atoms with van der Waals surface area (Å²) in [6.45, 7) is 0. The number of para-hydroxylation sites is 1. The van der Waals surface area contributed by atoms with E-state index < -0.39 is 11.7 Å². The van der Waals surface area contributed by atoms with E-state index >= 15 is 0 Å². The van der Waals surface area contributed by atoms with Crippen LogP contribution in [0.15, 0.2) is 72.9 Å². The van der Waals surface area contributed by atoms with E-state index in [1.807, 2.05) is 36.4 Å². The van der Waals surface area contributed by atoms with Gasteiger partial charge in [-0.25, -0.2) is 4.39 Å². The second-order valence-electron chi connectivity index (χ2n) is 7.10. The van der Waals surface area contributed by atoms with Crippen molar-refractivity contribution in [3.63, 3.8) is 0 Å². The van der Waals surface area contributed by atoms with E-state index in [1.165, 1.54) is 24.3 Å². The quantitative estimate of drug-likeness (QED) is 0.413. The van der Waals surface area contributed by atoms with Gasteiger partial charge in [-0.05, 0) is 60.9 Å². The molecule has 4 aromatic rings. The lowest BCUT2D eigenvalue weighted by Crippen LogP contribution is -2.41. The first-order valence-corrected chi connectivity index (χ1v) is 9.97. The van der Waals surface area contributed by atoms with Gasteiger partial charge in [-0.3, -0.25) is 25.4 Å². The van der Waals surface area contributed by atoms with Gasteiger partial charge in [-0.2, -0.15) is 0 Å². The number of hydrazine groups is 1. The average molecular weight is 416 g/mol. The number of nitrogens with zero attached hydrogens (tertiary/aromatic N) is 1. The number of aromatic amines is 1. The van der Waals surface area contributed by atoms with E-state index in [9.17, 15) is 14.0 Å². The van der Waals surface area contributed by atoms with Crippen LogP contribution in [0.3, 0.4) is 0 Å². The van der Waals surface area contributed by atoms with Gasteiger partial charge < -0.3 is 4.98 Å². The molecule has 0 bridgehead atoms. The summed E-state index contributed by atoms with van der Waals surface area (Å²) in [6.07, 6.45) is 3.27. The number of nitrogens with one attached hydrogen (secondary N) is 3. The van der Waals surface area contributed by atoms with E-state index in [0.29, 0.717) is 12.8 Å². The highest BCUT2D eigenvalue weighted by Gasteiger charge is 2.14. The fourth-order valence-corrected chi connectivity index (χ4v) is 3.48. The topological polar surface area (TPSA) is 86.9 Å². The molecule has 0 aliphatic rings. The van der Waals surface area contributed by atoms with Crippen molar-refractivity contribution in [3.8, 4) is 11.4 Å². The number of fused-ring (bicyclic) bond motifs is 1. The number of pyridine rings is 1. The molecule has 2 aromatic carbocycles. The molecule has 6 nitrogen and oxygen atoms in total. The van der Waals surface area contributed by atoms with Crippen molar-refractivity contribution < 1.29 is 14.0 Å². The van der Waals surface area contributed by atoms with Crippen molar-refractivity contribution in [3.05, 3.63) is 89.9 Å². The van der Waals surface area contributed by atoms with Crippen LogP contribution >= 0.6 is 0 Å². The summed E-state index contributed by atoms with van der Waals surface area (Å²) in [4.78, 5) is 32.1. The third kappa shape index (κ3) is 4.78.